The summed E-state index contributed by atoms with van der Waals surface area (Å²) in [7, 11) is 1.73. The Kier molecular flexibility index (Phi) is 5.84. The van der Waals surface area contributed by atoms with Gasteiger partial charge in [-0.3, -0.25) is 4.79 Å². The molecule has 0 saturated carbocycles. The number of hydrogen-bond donors (Lipinski definition) is 1. The van der Waals surface area contributed by atoms with Crippen LogP contribution in [0.2, 0.25) is 0 Å². The fourth-order valence-corrected chi connectivity index (χ4v) is 0.876. The first-order valence-electron chi connectivity index (χ1n) is 4.04. The molecule has 11 heavy (non-hydrogen) atoms. The summed E-state index contributed by atoms with van der Waals surface area (Å²) in [6.07, 6.45) is 2.05. The lowest BCUT2D eigenvalue weighted by Gasteiger charge is -2.11. The van der Waals surface area contributed by atoms with E-state index in [1.165, 1.54) is 0 Å². The predicted molar refractivity (Wildman–Crippen MR) is 44.4 cm³/mol. The van der Waals surface area contributed by atoms with Gasteiger partial charge in [0.25, 0.3) is 0 Å². The van der Waals surface area contributed by atoms with Crippen LogP contribution >= 0.6 is 0 Å². The molecule has 3 nitrogen and oxygen atoms in total. The highest BCUT2D eigenvalue weighted by Crippen LogP contribution is 2.00. The average molecular weight is 159 g/mol. The van der Waals surface area contributed by atoms with E-state index in [-0.39, 0.29) is 12.1 Å². The minimum absolute atomic E-state index is 0.0563. The van der Waals surface area contributed by atoms with E-state index in [1.807, 2.05) is 6.92 Å². The van der Waals surface area contributed by atoms with Gasteiger partial charge in [0.1, 0.15) is 0 Å². The Bertz CT molecular complexity index is 115. The van der Waals surface area contributed by atoms with Crippen molar-refractivity contribution in [1.29, 1.82) is 0 Å². The van der Waals surface area contributed by atoms with Crippen LogP contribution in [-0.4, -0.2) is 25.7 Å². The number of carbonyl (C=O) groups is 1. The van der Waals surface area contributed by atoms with Crippen molar-refractivity contribution in [2.75, 3.05) is 13.6 Å². The van der Waals surface area contributed by atoms with Gasteiger partial charge in [-0.1, -0.05) is 13.3 Å². The molecule has 0 aliphatic heterocycles. The summed E-state index contributed by atoms with van der Waals surface area (Å²) in [5, 5.41) is 2.74. The number of ether oxygens (including phenoxy) is 1. The lowest BCUT2D eigenvalue weighted by molar-refractivity contribution is -0.147. The van der Waals surface area contributed by atoms with Crippen LogP contribution in [0.4, 0.5) is 0 Å². The lowest BCUT2D eigenvalue weighted by atomic mass is 10.2. The van der Waals surface area contributed by atoms with Crippen LogP contribution in [0, 0.1) is 0 Å². The molecule has 0 aromatic carbocycles. The molecule has 0 spiro atoms. The molecule has 0 amide bonds. The van der Waals surface area contributed by atoms with Gasteiger partial charge in [0.05, 0.1) is 12.6 Å². The minimum Gasteiger partial charge on any atom is -0.462 e. The van der Waals surface area contributed by atoms with Gasteiger partial charge in [0.15, 0.2) is 0 Å². The van der Waals surface area contributed by atoms with Gasteiger partial charge in [0, 0.05) is 0 Å². The van der Waals surface area contributed by atoms with Crippen molar-refractivity contribution in [3.8, 4) is 0 Å². The van der Waals surface area contributed by atoms with E-state index in [0.717, 1.165) is 12.8 Å². The normalized spacial score (nSPS) is 12.6. The maximum Gasteiger partial charge on any atom is 0.320 e. The molecule has 66 valence electrons. The van der Waals surface area contributed by atoms with E-state index in [0.29, 0.717) is 6.54 Å². The molecule has 0 bridgehead atoms. The third kappa shape index (κ3) is 5.85. The SMILES string of the molecule is CCCC(C)OC(=O)CNC. The van der Waals surface area contributed by atoms with Crippen molar-refractivity contribution in [1.82, 2.24) is 5.32 Å². The molecule has 1 N–H and O–H groups in total. The van der Waals surface area contributed by atoms with Gasteiger partial charge in [-0.15, -0.1) is 0 Å². The third-order valence-corrected chi connectivity index (χ3v) is 1.35. The molecule has 0 radical (unpaired) electrons. The second-order valence-electron chi connectivity index (χ2n) is 2.62. The first-order chi connectivity index (χ1) is 5.20. The fourth-order valence-electron chi connectivity index (χ4n) is 0.876. The van der Waals surface area contributed by atoms with E-state index in [1.54, 1.807) is 7.05 Å². The number of nitrogens with one attached hydrogen (secondary N) is 1. The highest BCUT2D eigenvalue weighted by atomic mass is 16.5. The fraction of sp³-hybridized carbons (Fsp3) is 0.875. The standard InChI is InChI=1S/C8H17NO2/c1-4-5-7(2)11-8(10)6-9-3/h7,9H,4-6H2,1-3H3. The molecular formula is C8H17NO2. The first-order valence-corrected chi connectivity index (χ1v) is 4.04. The highest BCUT2D eigenvalue weighted by molar-refractivity contribution is 5.71. The molecular weight excluding hydrogens is 142 g/mol. The molecule has 0 fully saturated rings. The Morgan fingerprint density at radius 3 is 2.73 bits per heavy atom. The monoisotopic (exact) mass is 159 g/mol. The Morgan fingerprint density at radius 1 is 1.64 bits per heavy atom. The zero-order valence-corrected chi connectivity index (χ0v) is 7.52. The van der Waals surface area contributed by atoms with Crippen LogP contribution in [0.25, 0.3) is 0 Å². The van der Waals surface area contributed by atoms with Crippen molar-refractivity contribution in [2.45, 2.75) is 32.8 Å². The Balaban J connectivity index is 3.40. The van der Waals surface area contributed by atoms with Gasteiger partial charge >= 0.3 is 5.97 Å². The van der Waals surface area contributed by atoms with Crippen LogP contribution in [0.5, 0.6) is 0 Å². The Labute approximate surface area is 68.1 Å². The van der Waals surface area contributed by atoms with Crippen molar-refractivity contribution >= 4 is 5.97 Å². The van der Waals surface area contributed by atoms with Crippen LogP contribution < -0.4 is 5.32 Å². The Morgan fingerprint density at radius 2 is 2.27 bits per heavy atom. The molecule has 0 aromatic rings. The molecule has 1 unspecified atom stereocenters. The second-order valence-corrected chi connectivity index (χ2v) is 2.62. The van der Waals surface area contributed by atoms with Gasteiger partial charge in [-0.2, -0.15) is 0 Å². The first kappa shape index (κ1) is 10.4. The number of carbonyl (C=O) groups excluding carboxylic acids is 1. The zero-order chi connectivity index (χ0) is 8.69. The number of hydrogen-bond acceptors (Lipinski definition) is 3. The minimum atomic E-state index is -0.173. The molecule has 0 rings (SSSR count). The maximum atomic E-state index is 10.8. The Hall–Kier alpha value is -0.570. The molecule has 0 aliphatic carbocycles. The summed E-state index contributed by atoms with van der Waals surface area (Å²) < 4.78 is 5.03. The van der Waals surface area contributed by atoms with Gasteiger partial charge in [0.2, 0.25) is 0 Å². The van der Waals surface area contributed by atoms with Crippen LogP contribution in [-0.2, 0) is 9.53 Å². The van der Waals surface area contributed by atoms with E-state index in [9.17, 15) is 4.79 Å². The molecule has 0 saturated heterocycles. The summed E-state index contributed by atoms with van der Waals surface area (Å²) >= 11 is 0. The number of rotatable bonds is 5. The predicted octanol–water partition coefficient (Wildman–Crippen LogP) is 0.938. The summed E-state index contributed by atoms with van der Waals surface area (Å²) in [6, 6.07) is 0. The number of likely N-dealkylation sites (N-methyl/N-ethyl adjacent to an activating group) is 1. The van der Waals surface area contributed by atoms with Crippen molar-refractivity contribution in [3.63, 3.8) is 0 Å². The molecule has 0 aliphatic rings. The quantitative estimate of drug-likeness (QED) is 0.607. The van der Waals surface area contributed by atoms with Crippen LogP contribution in [0.3, 0.4) is 0 Å². The van der Waals surface area contributed by atoms with E-state index in [4.69, 9.17) is 4.74 Å². The average Bonchev–Trinajstić information content (AvgIpc) is 1.87. The second kappa shape index (κ2) is 6.16. The van der Waals surface area contributed by atoms with E-state index >= 15 is 0 Å². The van der Waals surface area contributed by atoms with Gasteiger partial charge in [-0.25, -0.2) is 0 Å². The lowest BCUT2D eigenvalue weighted by Crippen LogP contribution is -2.24. The van der Waals surface area contributed by atoms with E-state index in [2.05, 4.69) is 12.2 Å². The summed E-state index contributed by atoms with van der Waals surface area (Å²) in [4.78, 5) is 10.8. The molecule has 3 heteroatoms. The summed E-state index contributed by atoms with van der Waals surface area (Å²) in [6.45, 7) is 4.29. The van der Waals surface area contributed by atoms with Gasteiger partial charge in [-0.05, 0) is 20.4 Å². The summed E-state index contributed by atoms with van der Waals surface area (Å²) in [5.74, 6) is -0.173. The molecule has 0 heterocycles. The smallest absolute Gasteiger partial charge is 0.320 e. The summed E-state index contributed by atoms with van der Waals surface area (Å²) in [5.41, 5.74) is 0. The van der Waals surface area contributed by atoms with Crippen LogP contribution in [0.15, 0.2) is 0 Å². The molecule has 0 aromatic heterocycles. The van der Waals surface area contributed by atoms with Gasteiger partial charge < -0.3 is 10.1 Å². The largest absolute Gasteiger partial charge is 0.462 e. The van der Waals surface area contributed by atoms with Crippen molar-refractivity contribution in [2.24, 2.45) is 0 Å². The number of esters is 1. The topological polar surface area (TPSA) is 38.3 Å². The van der Waals surface area contributed by atoms with Crippen molar-refractivity contribution in [3.05, 3.63) is 0 Å². The van der Waals surface area contributed by atoms with E-state index < -0.39 is 0 Å². The maximum absolute atomic E-state index is 10.8. The highest BCUT2D eigenvalue weighted by Gasteiger charge is 2.06. The molecule has 1 atom stereocenters. The zero-order valence-electron chi connectivity index (χ0n) is 7.52. The third-order valence-electron chi connectivity index (χ3n) is 1.35. The van der Waals surface area contributed by atoms with Crippen molar-refractivity contribution < 1.29 is 9.53 Å². The van der Waals surface area contributed by atoms with Crippen LogP contribution in [0.1, 0.15) is 26.7 Å².